The van der Waals surface area contributed by atoms with Crippen molar-refractivity contribution in [3.63, 3.8) is 0 Å². The van der Waals surface area contributed by atoms with Crippen LogP contribution in [-0.4, -0.2) is 21.0 Å². The van der Waals surface area contributed by atoms with Gasteiger partial charge in [-0.15, -0.1) is 22.7 Å². The van der Waals surface area contributed by atoms with Gasteiger partial charge in [-0.25, -0.2) is 9.97 Å². The fourth-order valence-electron chi connectivity index (χ4n) is 2.21. The van der Waals surface area contributed by atoms with Crippen LogP contribution in [0.3, 0.4) is 0 Å². The summed E-state index contributed by atoms with van der Waals surface area (Å²) in [5.41, 5.74) is 0.954. The van der Waals surface area contributed by atoms with Crippen molar-refractivity contribution in [2.75, 3.05) is 5.32 Å². The summed E-state index contributed by atoms with van der Waals surface area (Å²) in [6.45, 7) is 0. The van der Waals surface area contributed by atoms with Crippen LogP contribution in [-0.2, 0) is 0 Å². The van der Waals surface area contributed by atoms with E-state index in [1.807, 2.05) is 30.3 Å². The standard InChI is InChI=1S/C17H11N3O2S2/c21-11-5-3-9-18-15(11)20-16(22)13-7-8-14(23-13)17-19-10-4-1-2-6-12(10)24-17/h1-9,21H,(H,18,20,22). The first-order chi connectivity index (χ1) is 11.7. The summed E-state index contributed by atoms with van der Waals surface area (Å²) < 4.78 is 1.12. The smallest absolute Gasteiger partial charge is 0.267 e. The number of benzene rings is 1. The van der Waals surface area contributed by atoms with E-state index in [2.05, 4.69) is 15.3 Å². The molecule has 0 saturated heterocycles. The zero-order chi connectivity index (χ0) is 16.5. The Morgan fingerprint density at radius 1 is 1.04 bits per heavy atom. The number of pyridine rings is 1. The van der Waals surface area contributed by atoms with Gasteiger partial charge < -0.3 is 10.4 Å². The molecule has 118 valence electrons. The monoisotopic (exact) mass is 353 g/mol. The molecule has 0 aliphatic rings. The minimum Gasteiger partial charge on any atom is -0.504 e. The molecule has 0 spiro atoms. The second kappa shape index (κ2) is 6.03. The summed E-state index contributed by atoms with van der Waals surface area (Å²) in [4.78, 5) is 22.3. The molecular formula is C17H11N3O2S2. The van der Waals surface area contributed by atoms with Crippen LogP contribution in [0.1, 0.15) is 9.67 Å². The quantitative estimate of drug-likeness (QED) is 0.573. The average Bonchev–Trinajstić information content (AvgIpc) is 3.23. The number of thiophene rings is 1. The van der Waals surface area contributed by atoms with E-state index in [0.717, 1.165) is 20.1 Å². The molecule has 1 amide bonds. The summed E-state index contributed by atoms with van der Waals surface area (Å²) in [5, 5.41) is 13.2. The third-order valence-electron chi connectivity index (χ3n) is 3.35. The van der Waals surface area contributed by atoms with Gasteiger partial charge in [-0.2, -0.15) is 0 Å². The first kappa shape index (κ1) is 14.8. The number of nitrogens with zero attached hydrogens (tertiary/aromatic N) is 2. The predicted octanol–water partition coefficient (Wildman–Crippen LogP) is 4.38. The number of hydrogen-bond acceptors (Lipinski definition) is 6. The molecule has 0 unspecified atom stereocenters. The third kappa shape index (κ3) is 2.75. The lowest BCUT2D eigenvalue weighted by molar-refractivity contribution is 0.102. The molecule has 0 radical (unpaired) electrons. The topological polar surface area (TPSA) is 75.1 Å². The highest BCUT2D eigenvalue weighted by Gasteiger charge is 2.14. The van der Waals surface area contributed by atoms with E-state index in [1.54, 1.807) is 23.5 Å². The number of thiazole rings is 1. The van der Waals surface area contributed by atoms with Crippen LogP contribution in [0.5, 0.6) is 5.75 Å². The first-order valence-electron chi connectivity index (χ1n) is 7.12. The Bertz CT molecular complexity index is 1010. The molecule has 2 N–H and O–H groups in total. The van der Waals surface area contributed by atoms with Gasteiger partial charge in [-0.1, -0.05) is 12.1 Å². The maximum absolute atomic E-state index is 12.3. The molecule has 7 heteroatoms. The molecule has 0 fully saturated rings. The number of aromatic nitrogens is 2. The summed E-state index contributed by atoms with van der Waals surface area (Å²) in [7, 11) is 0. The number of amides is 1. The zero-order valence-electron chi connectivity index (χ0n) is 12.3. The Hall–Kier alpha value is -2.77. The predicted molar refractivity (Wildman–Crippen MR) is 96.8 cm³/mol. The van der Waals surface area contributed by atoms with Gasteiger partial charge in [0.25, 0.3) is 5.91 Å². The lowest BCUT2D eigenvalue weighted by Crippen LogP contribution is -2.11. The van der Waals surface area contributed by atoms with Gasteiger partial charge in [-0.3, -0.25) is 4.79 Å². The van der Waals surface area contributed by atoms with E-state index < -0.39 is 0 Å². The molecule has 0 aliphatic heterocycles. The van der Waals surface area contributed by atoms with Crippen LogP contribution in [0.25, 0.3) is 20.1 Å². The molecule has 0 bridgehead atoms. The van der Waals surface area contributed by atoms with Gasteiger partial charge in [0.2, 0.25) is 0 Å². The normalized spacial score (nSPS) is 10.8. The van der Waals surface area contributed by atoms with Crippen molar-refractivity contribution in [2.24, 2.45) is 0 Å². The van der Waals surface area contributed by atoms with Crippen molar-refractivity contribution in [1.82, 2.24) is 9.97 Å². The average molecular weight is 353 g/mol. The van der Waals surface area contributed by atoms with E-state index in [4.69, 9.17) is 0 Å². The van der Waals surface area contributed by atoms with Crippen molar-refractivity contribution in [2.45, 2.75) is 0 Å². The van der Waals surface area contributed by atoms with Gasteiger partial charge in [0.15, 0.2) is 11.6 Å². The largest absolute Gasteiger partial charge is 0.504 e. The molecule has 0 saturated carbocycles. The number of aromatic hydroxyl groups is 1. The molecule has 3 aromatic heterocycles. The van der Waals surface area contributed by atoms with E-state index >= 15 is 0 Å². The fourth-order valence-corrected chi connectivity index (χ4v) is 4.14. The zero-order valence-corrected chi connectivity index (χ0v) is 13.9. The van der Waals surface area contributed by atoms with Crippen LogP contribution in [0.15, 0.2) is 54.7 Å². The van der Waals surface area contributed by atoms with Crippen molar-refractivity contribution >= 4 is 44.6 Å². The second-order valence-corrected chi connectivity index (χ2v) is 7.09. The molecule has 24 heavy (non-hydrogen) atoms. The fraction of sp³-hybridized carbons (Fsp3) is 0. The summed E-state index contributed by atoms with van der Waals surface area (Å²) in [6.07, 6.45) is 1.51. The molecule has 0 atom stereocenters. The highest BCUT2D eigenvalue weighted by atomic mass is 32.1. The van der Waals surface area contributed by atoms with Gasteiger partial charge >= 0.3 is 0 Å². The van der Waals surface area contributed by atoms with Crippen molar-refractivity contribution in [3.8, 4) is 15.6 Å². The maximum atomic E-state index is 12.3. The van der Waals surface area contributed by atoms with E-state index in [0.29, 0.717) is 4.88 Å². The van der Waals surface area contributed by atoms with Crippen LogP contribution >= 0.6 is 22.7 Å². The van der Waals surface area contributed by atoms with Crippen LogP contribution in [0.2, 0.25) is 0 Å². The van der Waals surface area contributed by atoms with Crippen LogP contribution in [0.4, 0.5) is 5.82 Å². The Kier molecular flexibility index (Phi) is 3.72. The molecular weight excluding hydrogens is 342 g/mol. The Morgan fingerprint density at radius 3 is 2.75 bits per heavy atom. The van der Waals surface area contributed by atoms with Crippen molar-refractivity contribution in [1.29, 1.82) is 0 Å². The Labute approximate surface area is 145 Å². The Morgan fingerprint density at radius 2 is 1.92 bits per heavy atom. The number of fused-ring (bicyclic) bond motifs is 1. The lowest BCUT2D eigenvalue weighted by Gasteiger charge is -2.03. The van der Waals surface area contributed by atoms with E-state index in [-0.39, 0.29) is 17.5 Å². The minimum atomic E-state index is -0.304. The van der Waals surface area contributed by atoms with Crippen molar-refractivity contribution in [3.05, 3.63) is 59.6 Å². The molecule has 1 aromatic carbocycles. The lowest BCUT2D eigenvalue weighted by atomic mass is 10.3. The summed E-state index contributed by atoms with van der Waals surface area (Å²) in [5.74, 6) is -0.215. The van der Waals surface area contributed by atoms with Gasteiger partial charge in [0.1, 0.15) is 5.01 Å². The van der Waals surface area contributed by atoms with Gasteiger partial charge in [0.05, 0.1) is 20.0 Å². The van der Waals surface area contributed by atoms with E-state index in [9.17, 15) is 9.90 Å². The number of para-hydroxylation sites is 1. The summed E-state index contributed by atoms with van der Waals surface area (Å²) in [6, 6.07) is 14.7. The molecule has 4 aromatic rings. The second-order valence-electron chi connectivity index (χ2n) is 4.98. The van der Waals surface area contributed by atoms with E-state index in [1.165, 1.54) is 23.6 Å². The first-order valence-corrected chi connectivity index (χ1v) is 8.75. The highest BCUT2D eigenvalue weighted by Crippen LogP contribution is 2.34. The molecule has 3 heterocycles. The molecule has 4 rings (SSSR count). The number of carbonyl (C=O) groups excluding carboxylic acids is 1. The number of nitrogens with one attached hydrogen (secondary N) is 1. The molecule has 5 nitrogen and oxygen atoms in total. The maximum Gasteiger partial charge on any atom is 0.267 e. The van der Waals surface area contributed by atoms with Crippen LogP contribution < -0.4 is 5.32 Å². The highest BCUT2D eigenvalue weighted by molar-refractivity contribution is 7.26. The van der Waals surface area contributed by atoms with Gasteiger partial charge in [0, 0.05) is 6.20 Å². The third-order valence-corrected chi connectivity index (χ3v) is 5.64. The number of carbonyl (C=O) groups is 1. The number of hydrogen-bond donors (Lipinski definition) is 2. The number of rotatable bonds is 3. The van der Waals surface area contributed by atoms with Gasteiger partial charge in [-0.05, 0) is 36.4 Å². The SMILES string of the molecule is O=C(Nc1ncccc1O)c1ccc(-c2nc3ccccc3s2)s1. The Balaban J connectivity index is 1.60. The number of anilines is 1. The molecule has 0 aliphatic carbocycles. The van der Waals surface area contributed by atoms with Crippen molar-refractivity contribution < 1.29 is 9.90 Å². The minimum absolute atomic E-state index is 0.0613. The summed E-state index contributed by atoms with van der Waals surface area (Å²) >= 11 is 2.96. The van der Waals surface area contributed by atoms with Crippen LogP contribution in [0, 0.1) is 0 Å².